The molecule has 3 rings (SSSR count). The van der Waals surface area contributed by atoms with Gasteiger partial charge in [-0.3, -0.25) is 10.1 Å². The van der Waals surface area contributed by atoms with Crippen molar-refractivity contribution in [2.75, 3.05) is 13.1 Å². The summed E-state index contributed by atoms with van der Waals surface area (Å²) in [5.74, 6) is -0.501. The van der Waals surface area contributed by atoms with Crippen molar-refractivity contribution in [2.24, 2.45) is 0 Å². The van der Waals surface area contributed by atoms with Crippen molar-refractivity contribution < 1.29 is 18.0 Å². The summed E-state index contributed by atoms with van der Waals surface area (Å²) in [7, 11) is -3.78. The second kappa shape index (κ2) is 4.65. The minimum Gasteiger partial charge on any atom is -0.322 e. The van der Waals surface area contributed by atoms with Crippen molar-refractivity contribution in [1.82, 2.24) is 19.9 Å². The van der Waals surface area contributed by atoms with Crippen LogP contribution in [-0.2, 0) is 14.8 Å². The number of urea groups is 1. The zero-order valence-electron chi connectivity index (χ0n) is 10.7. The van der Waals surface area contributed by atoms with E-state index >= 15 is 0 Å². The van der Waals surface area contributed by atoms with Gasteiger partial charge in [0.1, 0.15) is 15.6 Å². The first kappa shape index (κ1) is 14.2. The fraction of sp³-hybridized carbons (Fsp3) is 0.364. The van der Waals surface area contributed by atoms with Gasteiger partial charge >= 0.3 is 6.03 Å². The molecular weight excluding hydrogens is 320 g/mol. The SMILES string of the molecule is O=C1NC(=O)C2(CCN(S(=O)(=O)c3ccc(Cl)nc3)C2)N1. The maximum atomic E-state index is 12.5. The zero-order valence-corrected chi connectivity index (χ0v) is 12.2. The smallest absolute Gasteiger partial charge is 0.322 e. The van der Waals surface area contributed by atoms with Gasteiger partial charge in [-0.15, -0.1) is 0 Å². The second-order valence-corrected chi connectivity index (χ2v) is 7.22. The highest BCUT2D eigenvalue weighted by Gasteiger charge is 2.53. The number of nitrogens with zero attached hydrogens (tertiary/aromatic N) is 2. The van der Waals surface area contributed by atoms with E-state index in [0.717, 1.165) is 10.5 Å². The first-order valence-electron chi connectivity index (χ1n) is 6.09. The number of sulfonamides is 1. The van der Waals surface area contributed by atoms with Gasteiger partial charge in [0.15, 0.2) is 0 Å². The summed E-state index contributed by atoms with van der Waals surface area (Å²) < 4.78 is 26.1. The van der Waals surface area contributed by atoms with Crippen molar-refractivity contribution in [2.45, 2.75) is 16.9 Å². The quantitative estimate of drug-likeness (QED) is 0.572. The number of hydrogen-bond donors (Lipinski definition) is 2. The van der Waals surface area contributed by atoms with Crippen LogP contribution >= 0.6 is 11.6 Å². The molecule has 0 bridgehead atoms. The third kappa shape index (κ3) is 2.27. The highest BCUT2D eigenvalue weighted by molar-refractivity contribution is 7.89. The molecule has 0 aromatic carbocycles. The predicted molar refractivity (Wildman–Crippen MR) is 72.0 cm³/mol. The number of aromatic nitrogens is 1. The Bertz CT molecular complexity index is 720. The van der Waals surface area contributed by atoms with Gasteiger partial charge in [-0.05, 0) is 18.6 Å². The summed E-state index contributed by atoms with van der Waals surface area (Å²) in [6.07, 6.45) is 1.39. The minimum absolute atomic E-state index is 0.00585. The maximum absolute atomic E-state index is 12.5. The molecule has 112 valence electrons. The summed E-state index contributed by atoms with van der Waals surface area (Å²) >= 11 is 5.64. The standard InChI is InChI=1S/C11H11ClN4O4S/c12-8-2-1-7(5-13-8)21(19,20)16-4-3-11(6-16)9(17)14-10(18)15-11/h1-2,5H,3-4,6H2,(H2,14,15,17,18). The number of halogens is 1. The van der Waals surface area contributed by atoms with E-state index in [-0.39, 0.29) is 29.6 Å². The van der Waals surface area contributed by atoms with E-state index in [2.05, 4.69) is 15.6 Å². The molecule has 1 spiro atoms. The molecule has 3 amide bonds. The summed E-state index contributed by atoms with van der Waals surface area (Å²) in [6.45, 7) is 0.0359. The molecule has 10 heteroatoms. The second-order valence-electron chi connectivity index (χ2n) is 4.90. The molecule has 0 saturated carbocycles. The molecule has 1 unspecified atom stereocenters. The van der Waals surface area contributed by atoms with Crippen molar-refractivity contribution in [3.8, 4) is 0 Å². The molecule has 2 aliphatic heterocycles. The molecule has 2 fully saturated rings. The fourth-order valence-corrected chi connectivity index (χ4v) is 4.02. The average molecular weight is 331 g/mol. The molecule has 1 atom stereocenters. The Labute approximate surface area is 125 Å². The van der Waals surface area contributed by atoms with Gasteiger partial charge in [-0.2, -0.15) is 4.31 Å². The topological polar surface area (TPSA) is 108 Å². The number of imide groups is 1. The van der Waals surface area contributed by atoms with Crippen LogP contribution in [0.5, 0.6) is 0 Å². The molecule has 8 nitrogen and oxygen atoms in total. The number of carbonyl (C=O) groups is 2. The molecular formula is C11H11ClN4O4S. The first-order valence-corrected chi connectivity index (χ1v) is 7.91. The van der Waals surface area contributed by atoms with Crippen LogP contribution in [0.4, 0.5) is 4.79 Å². The molecule has 3 heterocycles. The van der Waals surface area contributed by atoms with E-state index in [4.69, 9.17) is 11.6 Å². The minimum atomic E-state index is -3.78. The highest BCUT2D eigenvalue weighted by Crippen LogP contribution is 2.29. The van der Waals surface area contributed by atoms with Gasteiger partial charge in [0, 0.05) is 19.3 Å². The van der Waals surface area contributed by atoms with Crippen molar-refractivity contribution in [3.05, 3.63) is 23.5 Å². The van der Waals surface area contributed by atoms with Crippen molar-refractivity contribution in [1.29, 1.82) is 0 Å². The fourth-order valence-electron chi connectivity index (χ4n) is 2.46. The van der Waals surface area contributed by atoms with E-state index in [9.17, 15) is 18.0 Å². The van der Waals surface area contributed by atoms with E-state index in [1.165, 1.54) is 12.1 Å². The van der Waals surface area contributed by atoms with Crippen LogP contribution in [0.25, 0.3) is 0 Å². The van der Waals surface area contributed by atoms with E-state index in [1.807, 2.05) is 0 Å². The van der Waals surface area contributed by atoms with Gasteiger partial charge in [0.25, 0.3) is 5.91 Å². The normalized spacial score (nSPS) is 26.1. The Balaban J connectivity index is 1.87. The maximum Gasteiger partial charge on any atom is 0.322 e. The summed E-state index contributed by atoms with van der Waals surface area (Å²) in [4.78, 5) is 26.8. The molecule has 21 heavy (non-hydrogen) atoms. The van der Waals surface area contributed by atoms with Crippen LogP contribution in [0.3, 0.4) is 0 Å². The van der Waals surface area contributed by atoms with E-state index < -0.39 is 27.5 Å². The summed E-state index contributed by atoms with van der Waals surface area (Å²) in [6, 6.07) is 2.13. The third-order valence-electron chi connectivity index (χ3n) is 3.59. The Morgan fingerprint density at radius 2 is 2.10 bits per heavy atom. The lowest BCUT2D eigenvalue weighted by Gasteiger charge is -2.20. The molecule has 2 aliphatic rings. The lowest BCUT2D eigenvalue weighted by molar-refractivity contribution is -0.123. The molecule has 0 aliphatic carbocycles. The van der Waals surface area contributed by atoms with Crippen LogP contribution in [0.15, 0.2) is 23.2 Å². The lowest BCUT2D eigenvalue weighted by atomic mass is 10.00. The molecule has 1 aromatic rings. The molecule has 2 saturated heterocycles. The number of pyridine rings is 1. The number of carbonyl (C=O) groups excluding carboxylic acids is 2. The average Bonchev–Trinajstić information content (AvgIpc) is 2.96. The largest absolute Gasteiger partial charge is 0.322 e. The van der Waals surface area contributed by atoms with Gasteiger partial charge in [0.2, 0.25) is 10.0 Å². The monoisotopic (exact) mass is 330 g/mol. The summed E-state index contributed by atoms with van der Waals surface area (Å²) in [5.41, 5.74) is -1.18. The molecule has 0 radical (unpaired) electrons. The first-order chi connectivity index (χ1) is 9.83. The van der Waals surface area contributed by atoms with Gasteiger partial charge in [-0.1, -0.05) is 11.6 Å². The van der Waals surface area contributed by atoms with Crippen LogP contribution in [-0.4, -0.2) is 48.3 Å². The van der Waals surface area contributed by atoms with E-state index in [1.54, 1.807) is 0 Å². The van der Waals surface area contributed by atoms with Gasteiger partial charge in [-0.25, -0.2) is 18.2 Å². The third-order valence-corrected chi connectivity index (χ3v) is 5.64. The number of rotatable bonds is 2. The van der Waals surface area contributed by atoms with Gasteiger partial charge in [0.05, 0.1) is 0 Å². The van der Waals surface area contributed by atoms with Crippen LogP contribution in [0, 0.1) is 0 Å². The number of amides is 3. The molecule has 2 N–H and O–H groups in total. The van der Waals surface area contributed by atoms with Crippen LogP contribution in [0.1, 0.15) is 6.42 Å². The predicted octanol–water partition coefficient (Wildman–Crippen LogP) is -0.292. The number of nitrogens with one attached hydrogen (secondary N) is 2. The van der Waals surface area contributed by atoms with Crippen LogP contribution < -0.4 is 10.6 Å². The Morgan fingerprint density at radius 3 is 2.67 bits per heavy atom. The van der Waals surface area contributed by atoms with E-state index in [0.29, 0.717) is 0 Å². The Kier molecular flexibility index (Phi) is 3.15. The lowest BCUT2D eigenvalue weighted by Crippen LogP contribution is -2.49. The van der Waals surface area contributed by atoms with Gasteiger partial charge < -0.3 is 5.32 Å². The van der Waals surface area contributed by atoms with Crippen LogP contribution in [0.2, 0.25) is 5.15 Å². The highest BCUT2D eigenvalue weighted by atomic mass is 35.5. The zero-order chi connectivity index (χ0) is 15.3. The van der Waals surface area contributed by atoms with Crippen molar-refractivity contribution in [3.63, 3.8) is 0 Å². The Hall–Kier alpha value is -1.71. The molecule has 1 aromatic heterocycles. The number of hydrogen-bond acceptors (Lipinski definition) is 5. The summed E-state index contributed by atoms with van der Waals surface area (Å²) in [5, 5.41) is 4.82. The Morgan fingerprint density at radius 1 is 1.33 bits per heavy atom. The van der Waals surface area contributed by atoms with Crippen molar-refractivity contribution >= 4 is 33.6 Å².